The molecule has 0 radical (unpaired) electrons. The lowest BCUT2D eigenvalue weighted by molar-refractivity contribution is -0.279. The second-order valence-corrected chi connectivity index (χ2v) is 2.38. The number of ether oxygens (including phenoxy) is 1. The summed E-state index contributed by atoms with van der Waals surface area (Å²) in [4.78, 5) is 0. The summed E-state index contributed by atoms with van der Waals surface area (Å²) in [6.45, 7) is 0. The Morgan fingerprint density at radius 1 is 1.27 bits per heavy atom. The first-order chi connectivity index (χ1) is 4.86. The predicted octanol–water partition coefficient (Wildman–Crippen LogP) is 2.37. The van der Waals surface area contributed by atoms with Crippen LogP contribution in [0, 0.1) is 0 Å². The van der Waals surface area contributed by atoms with Gasteiger partial charge in [-0.15, -0.1) is 0 Å². The summed E-state index contributed by atoms with van der Waals surface area (Å²) in [5.41, 5.74) is -2.63. The van der Waals surface area contributed by atoms with Gasteiger partial charge in [0, 0.05) is 6.08 Å². The average molecular weight is 191 g/mol. The molecule has 0 aromatic heterocycles. The molecule has 0 saturated carbocycles. The minimum atomic E-state index is -3.77. The molecule has 64 valence electrons. The SMILES string of the molecule is F[C@@H](Cl)[C@]1(F)C=CC(F)(F)O1. The van der Waals surface area contributed by atoms with Gasteiger partial charge in [-0.3, -0.25) is 4.74 Å². The third-order valence-electron chi connectivity index (χ3n) is 1.09. The maximum absolute atomic E-state index is 12.6. The molecule has 0 aromatic carbocycles. The Morgan fingerprint density at radius 2 is 1.82 bits per heavy atom. The van der Waals surface area contributed by atoms with Crippen molar-refractivity contribution in [3.63, 3.8) is 0 Å². The Balaban J connectivity index is 2.76. The zero-order valence-corrected chi connectivity index (χ0v) is 5.79. The summed E-state index contributed by atoms with van der Waals surface area (Å²) in [6, 6.07) is 0. The molecule has 1 nitrogen and oxygen atoms in total. The molecule has 0 unspecified atom stereocenters. The molecular weight excluding hydrogens is 187 g/mol. The van der Waals surface area contributed by atoms with Crippen molar-refractivity contribution in [1.29, 1.82) is 0 Å². The van der Waals surface area contributed by atoms with Gasteiger partial charge in [0.05, 0.1) is 0 Å². The van der Waals surface area contributed by atoms with Gasteiger partial charge in [-0.25, -0.2) is 8.78 Å². The Kier molecular flexibility index (Phi) is 1.88. The van der Waals surface area contributed by atoms with Gasteiger partial charge in [-0.05, 0) is 6.08 Å². The van der Waals surface area contributed by atoms with Crippen LogP contribution in [0.15, 0.2) is 12.2 Å². The fourth-order valence-corrected chi connectivity index (χ4v) is 0.722. The van der Waals surface area contributed by atoms with Crippen molar-refractivity contribution in [1.82, 2.24) is 0 Å². The smallest absolute Gasteiger partial charge is 0.271 e. The van der Waals surface area contributed by atoms with E-state index in [1.807, 2.05) is 0 Å². The third-order valence-corrected chi connectivity index (χ3v) is 1.39. The largest absolute Gasteiger partial charge is 0.379 e. The second-order valence-electron chi connectivity index (χ2n) is 2.00. The lowest BCUT2D eigenvalue weighted by Gasteiger charge is -2.19. The molecule has 1 aliphatic heterocycles. The monoisotopic (exact) mass is 190 g/mol. The van der Waals surface area contributed by atoms with Crippen molar-refractivity contribution >= 4 is 11.6 Å². The van der Waals surface area contributed by atoms with Crippen LogP contribution in [0.3, 0.4) is 0 Å². The fraction of sp³-hybridized carbons (Fsp3) is 0.600. The van der Waals surface area contributed by atoms with Crippen molar-refractivity contribution in [3.8, 4) is 0 Å². The molecule has 0 amide bonds. The van der Waals surface area contributed by atoms with E-state index in [0.717, 1.165) is 0 Å². The molecule has 2 atom stereocenters. The van der Waals surface area contributed by atoms with E-state index in [1.54, 1.807) is 0 Å². The van der Waals surface area contributed by atoms with Gasteiger partial charge in [0.15, 0.2) is 0 Å². The average Bonchev–Trinajstić information content (AvgIpc) is 2.08. The van der Waals surface area contributed by atoms with Crippen molar-refractivity contribution in [2.45, 2.75) is 17.6 Å². The van der Waals surface area contributed by atoms with Crippen LogP contribution >= 0.6 is 11.6 Å². The van der Waals surface area contributed by atoms with Gasteiger partial charge >= 0.3 is 6.11 Å². The van der Waals surface area contributed by atoms with Crippen molar-refractivity contribution in [2.75, 3.05) is 0 Å². The second kappa shape index (κ2) is 2.35. The molecule has 0 spiro atoms. The van der Waals surface area contributed by atoms with E-state index in [4.69, 9.17) is 0 Å². The van der Waals surface area contributed by atoms with Crippen LogP contribution in [0.5, 0.6) is 0 Å². The highest BCUT2D eigenvalue weighted by Gasteiger charge is 2.51. The molecule has 1 rings (SSSR count). The normalized spacial score (nSPS) is 37.5. The van der Waals surface area contributed by atoms with E-state index in [9.17, 15) is 17.6 Å². The van der Waals surface area contributed by atoms with Crippen LogP contribution in [0.1, 0.15) is 0 Å². The van der Waals surface area contributed by atoms with Crippen LogP contribution in [-0.4, -0.2) is 17.6 Å². The first-order valence-electron chi connectivity index (χ1n) is 2.61. The quantitative estimate of drug-likeness (QED) is 0.350. The Morgan fingerprint density at radius 3 is 2.00 bits per heavy atom. The first-order valence-corrected chi connectivity index (χ1v) is 3.05. The van der Waals surface area contributed by atoms with Gasteiger partial charge in [-0.2, -0.15) is 8.78 Å². The number of alkyl halides is 5. The van der Waals surface area contributed by atoms with Crippen LogP contribution in [-0.2, 0) is 4.74 Å². The summed E-state index contributed by atoms with van der Waals surface area (Å²) < 4.78 is 52.1. The summed E-state index contributed by atoms with van der Waals surface area (Å²) in [7, 11) is 0. The molecule has 11 heavy (non-hydrogen) atoms. The molecule has 0 fully saturated rings. The minimum Gasteiger partial charge on any atom is -0.271 e. The van der Waals surface area contributed by atoms with Crippen LogP contribution < -0.4 is 0 Å². The maximum atomic E-state index is 12.6. The highest BCUT2D eigenvalue weighted by atomic mass is 35.5. The lowest BCUT2D eigenvalue weighted by atomic mass is 10.3. The van der Waals surface area contributed by atoms with E-state index in [2.05, 4.69) is 16.3 Å². The minimum absolute atomic E-state index is 0.113. The lowest BCUT2D eigenvalue weighted by Crippen LogP contribution is -2.33. The van der Waals surface area contributed by atoms with Crippen LogP contribution in [0.25, 0.3) is 0 Å². The van der Waals surface area contributed by atoms with Crippen molar-refractivity contribution in [3.05, 3.63) is 12.2 Å². The molecule has 1 heterocycles. The number of halogens is 5. The molecule has 0 saturated heterocycles. The first kappa shape index (κ1) is 8.80. The zero-order chi connectivity index (χ0) is 8.70. The number of rotatable bonds is 1. The fourth-order valence-electron chi connectivity index (χ4n) is 0.605. The highest BCUT2D eigenvalue weighted by Crippen LogP contribution is 2.39. The van der Waals surface area contributed by atoms with E-state index >= 15 is 0 Å². The Bertz CT molecular complexity index is 193. The highest BCUT2D eigenvalue weighted by molar-refractivity contribution is 6.20. The van der Waals surface area contributed by atoms with Crippen molar-refractivity contribution < 1.29 is 22.3 Å². The summed E-state index contributed by atoms with van der Waals surface area (Å²) >= 11 is 4.60. The molecule has 0 bridgehead atoms. The van der Waals surface area contributed by atoms with Crippen molar-refractivity contribution in [2.24, 2.45) is 0 Å². The van der Waals surface area contributed by atoms with Gasteiger partial charge in [-0.1, -0.05) is 11.6 Å². The molecule has 6 heteroatoms. The Labute approximate surface area is 64.6 Å². The third kappa shape index (κ3) is 1.65. The number of hydrogen-bond donors (Lipinski definition) is 0. The van der Waals surface area contributed by atoms with E-state index in [1.165, 1.54) is 0 Å². The van der Waals surface area contributed by atoms with Crippen LogP contribution in [0.2, 0.25) is 0 Å². The standard InChI is InChI=1S/C5H3ClF4O/c6-3(7)4(8)1-2-5(9,10)11-4/h1-3H/t3-,4+/m1/s1. The predicted molar refractivity (Wildman–Crippen MR) is 29.8 cm³/mol. The topological polar surface area (TPSA) is 9.23 Å². The molecular formula is C5H3ClF4O. The molecule has 0 aromatic rings. The van der Waals surface area contributed by atoms with E-state index in [-0.39, 0.29) is 12.2 Å². The Hall–Kier alpha value is -0.290. The summed E-state index contributed by atoms with van der Waals surface area (Å²) in [5, 5.41) is 0. The van der Waals surface area contributed by atoms with Crippen LogP contribution in [0.4, 0.5) is 17.6 Å². The maximum Gasteiger partial charge on any atom is 0.379 e. The molecule has 0 aliphatic carbocycles. The van der Waals surface area contributed by atoms with Gasteiger partial charge < -0.3 is 0 Å². The van der Waals surface area contributed by atoms with E-state index in [0.29, 0.717) is 0 Å². The molecule has 1 aliphatic rings. The van der Waals surface area contributed by atoms with E-state index < -0.39 is 17.6 Å². The summed E-state index contributed by atoms with van der Waals surface area (Å²) in [6.07, 6.45) is -3.40. The zero-order valence-electron chi connectivity index (χ0n) is 5.03. The van der Waals surface area contributed by atoms with Gasteiger partial charge in [0.2, 0.25) is 5.63 Å². The number of hydrogen-bond acceptors (Lipinski definition) is 1. The van der Waals surface area contributed by atoms with Gasteiger partial charge in [0.25, 0.3) is 5.85 Å². The summed E-state index contributed by atoms with van der Waals surface area (Å²) in [5.74, 6) is -3.20. The molecule has 0 N–H and O–H groups in total. The van der Waals surface area contributed by atoms with Gasteiger partial charge in [0.1, 0.15) is 0 Å².